The van der Waals surface area contributed by atoms with Gasteiger partial charge in [-0.15, -0.1) is 11.3 Å². The molecule has 0 saturated carbocycles. The van der Waals surface area contributed by atoms with E-state index in [0.29, 0.717) is 18.0 Å². The van der Waals surface area contributed by atoms with Gasteiger partial charge in [0.15, 0.2) is 11.6 Å². The van der Waals surface area contributed by atoms with E-state index < -0.39 is 0 Å². The molecule has 0 fully saturated rings. The molecule has 1 unspecified atom stereocenters. The van der Waals surface area contributed by atoms with E-state index in [1.165, 1.54) is 0 Å². The summed E-state index contributed by atoms with van der Waals surface area (Å²) in [5.41, 5.74) is 3.50. The minimum Gasteiger partial charge on any atom is -0.360 e. The number of hydrogen-bond acceptors (Lipinski definition) is 7. The number of carbonyl (C=O) groups excluding carboxylic acids is 2. The number of nitrogens with one attached hydrogen (secondary N) is 2. The first-order valence-corrected chi connectivity index (χ1v) is 11.1. The topological polar surface area (TPSA) is 87.5 Å². The molecule has 31 heavy (non-hydrogen) atoms. The molecule has 5 rings (SSSR count). The number of anilines is 3. The number of nitrogens with zero attached hydrogens (tertiary/aromatic N) is 2. The fourth-order valence-electron chi connectivity index (χ4n) is 4.28. The highest BCUT2D eigenvalue weighted by molar-refractivity contribution is 7.10. The quantitative estimate of drug-likeness (QED) is 0.621. The molecule has 3 heterocycles. The summed E-state index contributed by atoms with van der Waals surface area (Å²) >= 11 is 1.59. The molecule has 3 aromatic rings. The molecule has 1 amide bonds. The Kier molecular flexibility index (Phi) is 5.07. The third kappa shape index (κ3) is 3.74. The van der Waals surface area contributed by atoms with E-state index in [4.69, 9.17) is 4.52 Å². The number of aromatic nitrogens is 1. The molecule has 0 radical (unpaired) electrons. The largest absolute Gasteiger partial charge is 0.360 e. The Balaban J connectivity index is 1.59. The van der Waals surface area contributed by atoms with Gasteiger partial charge in [-0.1, -0.05) is 23.4 Å². The normalized spacial score (nSPS) is 18.2. The predicted molar refractivity (Wildman–Crippen MR) is 120 cm³/mol. The van der Waals surface area contributed by atoms with E-state index in [2.05, 4.69) is 15.8 Å². The van der Waals surface area contributed by atoms with Crippen molar-refractivity contribution < 1.29 is 14.1 Å². The van der Waals surface area contributed by atoms with Crippen molar-refractivity contribution in [1.82, 2.24) is 5.16 Å². The minimum absolute atomic E-state index is 0.0667. The molecule has 0 saturated heterocycles. The zero-order valence-electron chi connectivity index (χ0n) is 17.1. The van der Waals surface area contributed by atoms with E-state index in [1.807, 2.05) is 46.7 Å². The van der Waals surface area contributed by atoms with Gasteiger partial charge < -0.3 is 20.1 Å². The van der Waals surface area contributed by atoms with E-state index >= 15 is 0 Å². The predicted octanol–water partition coefficient (Wildman–Crippen LogP) is 4.66. The maximum atomic E-state index is 13.1. The summed E-state index contributed by atoms with van der Waals surface area (Å²) in [5, 5.41) is 12.2. The van der Waals surface area contributed by atoms with E-state index in [1.54, 1.807) is 24.3 Å². The Bertz CT molecular complexity index is 1170. The fraction of sp³-hybridized carbons (Fsp3) is 0.261. The van der Waals surface area contributed by atoms with Gasteiger partial charge in [-0.25, -0.2) is 0 Å². The molecule has 1 aliphatic heterocycles. The lowest BCUT2D eigenvalue weighted by Gasteiger charge is -2.34. The van der Waals surface area contributed by atoms with Crippen LogP contribution in [-0.4, -0.2) is 23.4 Å². The van der Waals surface area contributed by atoms with Crippen LogP contribution >= 0.6 is 11.3 Å². The van der Waals surface area contributed by atoms with Crippen molar-refractivity contribution in [3.05, 3.63) is 69.8 Å². The molecule has 0 spiro atoms. The van der Waals surface area contributed by atoms with Crippen molar-refractivity contribution in [1.29, 1.82) is 0 Å². The van der Waals surface area contributed by atoms with Crippen molar-refractivity contribution in [2.75, 3.05) is 22.1 Å². The number of para-hydroxylation sites is 2. The van der Waals surface area contributed by atoms with Crippen LogP contribution in [0.25, 0.3) is 0 Å². The number of benzene rings is 1. The molecule has 1 aliphatic carbocycles. The molecule has 0 bridgehead atoms. The molecular formula is C23H22N4O3S. The molecular weight excluding hydrogens is 412 g/mol. The fourth-order valence-corrected chi connectivity index (χ4v) is 5.12. The number of aryl methyl sites for hydroxylation is 1. The summed E-state index contributed by atoms with van der Waals surface area (Å²) in [6.07, 6.45) is 2.17. The van der Waals surface area contributed by atoms with Crippen LogP contribution in [0.15, 0.2) is 63.6 Å². The first-order valence-electron chi connectivity index (χ1n) is 10.3. The zero-order valence-corrected chi connectivity index (χ0v) is 17.9. The highest BCUT2D eigenvalue weighted by atomic mass is 32.1. The molecule has 1 aromatic carbocycles. The molecule has 2 N–H and O–H groups in total. The molecule has 1 atom stereocenters. The number of rotatable bonds is 4. The van der Waals surface area contributed by atoms with Crippen molar-refractivity contribution in [2.45, 2.75) is 32.2 Å². The summed E-state index contributed by atoms with van der Waals surface area (Å²) in [4.78, 5) is 29.2. The van der Waals surface area contributed by atoms with Gasteiger partial charge in [0, 0.05) is 28.6 Å². The van der Waals surface area contributed by atoms with Gasteiger partial charge in [0.25, 0.3) is 0 Å². The average molecular weight is 435 g/mol. The number of Topliss-reactive ketones (excluding diaryl/α,β-unsaturated/α-hetero) is 1. The molecule has 2 aliphatic rings. The Morgan fingerprint density at radius 1 is 1.29 bits per heavy atom. The molecule has 7 nitrogen and oxygen atoms in total. The van der Waals surface area contributed by atoms with Crippen LogP contribution in [0.3, 0.4) is 0 Å². The van der Waals surface area contributed by atoms with Gasteiger partial charge in [-0.05, 0) is 43.3 Å². The molecule has 158 valence electrons. The van der Waals surface area contributed by atoms with E-state index in [9.17, 15) is 9.59 Å². The lowest BCUT2D eigenvalue weighted by molar-refractivity contribution is -0.117. The Hall–Kier alpha value is -3.39. The second-order valence-electron chi connectivity index (χ2n) is 7.73. The van der Waals surface area contributed by atoms with E-state index in [-0.39, 0.29) is 24.3 Å². The molecule has 8 heteroatoms. The van der Waals surface area contributed by atoms with Gasteiger partial charge in [0.1, 0.15) is 5.76 Å². The third-order valence-corrected chi connectivity index (χ3v) is 6.49. The van der Waals surface area contributed by atoms with Gasteiger partial charge in [0.2, 0.25) is 5.91 Å². The van der Waals surface area contributed by atoms with Crippen LogP contribution in [0.4, 0.5) is 17.2 Å². The van der Waals surface area contributed by atoms with E-state index in [0.717, 1.165) is 40.4 Å². The smallest absolute Gasteiger partial charge is 0.245 e. The van der Waals surface area contributed by atoms with Crippen LogP contribution in [-0.2, 0) is 9.59 Å². The number of fused-ring (bicyclic) bond motifs is 1. The third-order valence-electron chi connectivity index (χ3n) is 5.56. The maximum Gasteiger partial charge on any atom is 0.245 e. The Morgan fingerprint density at radius 3 is 2.94 bits per heavy atom. The Labute approximate surface area is 183 Å². The second-order valence-corrected chi connectivity index (χ2v) is 8.71. The number of hydrogen-bond donors (Lipinski definition) is 2. The summed E-state index contributed by atoms with van der Waals surface area (Å²) < 4.78 is 5.06. The molecule has 2 aromatic heterocycles. The van der Waals surface area contributed by atoms with Crippen LogP contribution in [0.5, 0.6) is 0 Å². The number of carbonyl (C=O) groups is 2. The summed E-state index contributed by atoms with van der Waals surface area (Å²) in [6, 6.07) is 13.2. The van der Waals surface area contributed by atoms with Crippen LogP contribution in [0, 0.1) is 6.92 Å². The number of allylic oxidation sites excluding steroid dienone is 1. The van der Waals surface area contributed by atoms with Crippen molar-refractivity contribution in [3.63, 3.8) is 0 Å². The van der Waals surface area contributed by atoms with Gasteiger partial charge in [0.05, 0.1) is 24.0 Å². The van der Waals surface area contributed by atoms with Crippen molar-refractivity contribution >= 4 is 40.2 Å². The van der Waals surface area contributed by atoms with Gasteiger partial charge >= 0.3 is 0 Å². The lowest BCUT2D eigenvalue weighted by atomic mass is 9.88. The number of ketones is 1. The van der Waals surface area contributed by atoms with Crippen molar-refractivity contribution in [2.24, 2.45) is 0 Å². The summed E-state index contributed by atoms with van der Waals surface area (Å²) in [5.74, 6) is 0.915. The Morgan fingerprint density at radius 2 is 2.16 bits per heavy atom. The summed E-state index contributed by atoms with van der Waals surface area (Å²) in [6.45, 7) is 1.84. The van der Waals surface area contributed by atoms with Gasteiger partial charge in [-0.3, -0.25) is 9.59 Å². The minimum atomic E-state index is -0.330. The summed E-state index contributed by atoms with van der Waals surface area (Å²) in [7, 11) is 0. The van der Waals surface area contributed by atoms with Crippen LogP contribution < -0.4 is 15.5 Å². The standard InChI is InChI=1S/C23H22N4O3S/c1-14-12-20(26-30-14)25-21(29)13-27-17-8-3-2-6-15(17)24-16-7-4-9-18(28)22(16)23(27)19-10-5-11-31-19/h2-3,5-6,8,10-12,23-24H,4,7,9,13H2,1H3,(H,25,26,29). The van der Waals surface area contributed by atoms with Crippen LogP contribution in [0.2, 0.25) is 0 Å². The highest BCUT2D eigenvalue weighted by Crippen LogP contribution is 2.45. The van der Waals surface area contributed by atoms with Gasteiger partial charge in [-0.2, -0.15) is 0 Å². The first-order chi connectivity index (χ1) is 15.1. The number of thiophene rings is 1. The highest BCUT2D eigenvalue weighted by Gasteiger charge is 2.37. The monoisotopic (exact) mass is 434 g/mol. The number of amides is 1. The maximum absolute atomic E-state index is 13.1. The SMILES string of the molecule is Cc1cc(NC(=O)CN2c3ccccc3NC3=C(C(=O)CCC3)C2c2cccs2)no1. The van der Waals surface area contributed by atoms with Crippen LogP contribution in [0.1, 0.15) is 35.9 Å². The zero-order chi connectivity index (χ0) is 21.4. The average Bonchev–Trinajstić information content (AvgIpc) is 3.39. The van der Waals surface area contributed by atoms with Crippen molar-refractivity contribution in [3.8, 4) is 0 Å². The second kappa shape index (κ2) is 8.03. The lowest BCUT2D eigenvalue weighted by Crippen LogP contribution is -2.38. The first kappa shape index (κ1) is 19.6.